The first-order chi connectivity index (χ1) is 19.4. The van der Waals surface area contributed by atoms with Crippen LogP contribution < -0.4 is 0 Å². The molecular weight excluding hydrogens is 637 g/mol. The van der Waals surface area contributed by atoms with Crippen LogP contribution in [0, 0.1) is 17.5 Å². The second-order valence-electron chi connectivity index (χ2n) is 8.78. The van der Waals surface area contributed by atoms with Gasteiger partial charge >= 0.3 is 17.9 Å². The maximum absolute atomic E-state index is 13.9. The lowest BCUT2D eigenvalue weighted by Gasteiger charge is -2.44. The number of benzene rings is 1. The van der Waals surface area contributed by atoms with E-state index in [1.165, 1.54) is 24.7 Å². The van der Waals surface area contributed by atoms with Gasteiger partial charge in [0.05, 0.1) is 6.20 Å². The van der Waals surface area contributed by atoms with Crippen LogP contribution in [0.5, 0.6) is 0 Å². The van der Waals surface area contributed by atoms with Crippen molar-refractivity contribution in [2.24, 2.45) is 0 Å². The fourth-order valence-corrected chi connectivity index (χ4v) is 5.78. The first kappa shape index (κ1) is 30.5. The third-order valence-electron chi connectivity index (χ3n) is 5.70. The molecule has 4 rings (SSSR count). The number of esters is 3. The van der Waals surface area contributed by atoms with E-state index in [-0.39, 0.29) is 17.9 Å². The van der Waals surface area contributed by atoms with E-state index in [9.17, 15) is 27.6 Å². The van der Waals surface area contributed by atoms with Crippen molar-refractivity contribution in [3.63, 3.8) is 0 Å². The lowest BCUT2D eigenvalue weighted by atomic mass is 9.96. The number of hydrogen-bond donors (Lipinski definition) is 0. The maximum atomic E-state index is 13.9. The van der Waals surface area contributed by atoms with Crippen molar-refractivity contribution in [3.05, 3.63) is 58.7 Å². The molecule has 0 amide bonds. The Bertz CT molecular complexity index is 1440. The Kier molecular flexibility index (Phi) is 9.65. The molecule has 1 aliphatic heterocycles. The predicted molar refractivity (Wildman–Crippen MR) is 139 cm³/mol. The zero-order valence-corrected chi connectivity index (χ0v) is 24.0. The molecule has 11 nitrogen and oxygen atoms in total. The van der Waals surface area contributed by atoms with Crippen molar-refractivity contribution in [1.82, 2.24) is 20.0 Å². The summed E-state index contributed by atoms with van der Waals surface area (Å²) in [5.41, 5.74) is -1.18. The summed E-state index contributed by atoms with van der Waals surface area (Å²) < 4.78 is 65.8. The van der Waals surface area contributed by atoms with E-state index in [4.69, 9.17) is 18.9 Å². The molecule has 16 heteroatoms. The second-order valence-corrected chi connectivity index (χ2v) is 10.9. The van der Waals surface area contributed by atoms with Gasteiger partial charge < -0.3 is 18.9 Å². The van der Waals surface area contributed by atoms with E-state index in [1.807, 2.05) is 0 Å². The molecule has 218 valence electrons. The van der Waals surface area contributed by atoms with Crippen LogP contribution in [0.15, 0.2) is 46.2 Å². The number of rotatable bonds is 8. The van der Waals surface area contributed by atoms with E-state index in [0.29, 0.717) is 9.37 Å². The van der Waals surface area contributed by atoms with Crippen LogP contribution >= 0.6 is 27.7 Å². The average Bonchev–Trinajstić information content (AvgIpc) is 3.37. The minimum absolute atomic E-state index is 0.0608. The number of thioether (sulfide) groups is 1. The number of carbonyl (C=O) groups excluding carboxylic acids is 3. The Morgan fingerprint density at radius 3 is 2.27 bits per heavy atom. The number of hydrogen-bond acceptors (Lipinski definition) is 11. The largest absolute Gasteiger partial charge is 0.463 e. The second kappa shape index (κ2) is 13.0. The summed E-state index contributed by atoms with van der Waals surface area (Å²) >= 11 is 4.46. The highest BCUT2D eigenvalue weighted by Crippen LogP contribution is 2.41. The molecule has 0 N–H and O–H groups in total. The van der Waals surface area contributed by atoms with Gasteiger partial charge in [-0.3, -0.25) is 19.4 Å². The van der Waals surface area contributed by atoms with E-state index in [2.05, 4.69) is 31.2 Å². The fourth-order valence-electron chi connectivity index (χ4n) is 4.13. The molecular formula is C25H22BrF3N4O7S. The highest BCUT2D eigenvalue weighted by atomic mass is 79.9. The molecule has 0 spiro atoms. The summed E-state index contributed by atoms with van der Waals surface area (Å²) in [6.45, 7) is 3.15. The van der Waals surface area contributed by atoms with Gasteiger partial charge in [-0.1, -0.05) is 17.0 Å². The van der Waals surface area contributed by atoms with Gasteiger partial charge in [-0.15, -0.1) is 5.10 Å². The monoisotopic (exact) mass is 658 g/mol. The van der Waals surface area contributed by atoms with Crippen LogP contribution in [0.4, 0.5) is 13.2 Å². The summed E-state index contributed by atoms with van der Waals surface area (Å²) in [4.78, 5) is 40.8. The lowest BCUT2D eigenvalue weighted by molar-refractivity contribution is -0.212. The Morgan fingerprint density at radius 2 is 1.66 bits per heavy atom. The third kappa shape index (κ3) is 7.42. The van der Waals surface area contributed by atoms with Crippen molar-refractivity contribution in [2.45, 2.75) is 55.5 Å². The third-order valence-corrected chi connectivity index (χ3v) is 7.24. The van der Waals surface area contributed by atoms with Crippen molar-refractivity contribution in [3.8, 4) is 11.3 Å². The van der Waals surface area contributed by atoms with Crippen LogP contribution in [0.2, 0.25) is 0 Å². The number of ether oxygens (including phenoxy) is 4. The first-order valence-electron chi connectivity index (χ1n) is 11.9. The van der Waals surface area contributed by atoms with E-state index in [0.717, 1.165) is 30.8 Å². The van der Waals surface area contributed by atoms with Gasteiger partial charge in [0, 0.05) is 48.1 Å². The first-order valence-corrected chi connectivity index (χ1v) is 13.6. The molecule has 0 aliphatic carbocycles. The minimum Gasteiger partial charge on any atom is -0.463 e. The number of halogens is 4. The Morgan fingerprint density at radius 1 is 1.00 bits per heavy atom. The van der Waals surface area contributed by atoms with Crippen LogP contribution in [0.25, 0.3) is 11.3 Å². The Hall–Kier alpha value is -3.50. The van der Waals surface area contributed by atoms with Crippen molar-refractivity contribution in [2.75, 3.05) is 6.61 Å². The summed E-state index contributed by atoms with van der Waals surface area (Å²) in [7, 11) is 0. The SMILES string of the molecule is CC(=O)OCC1O[C@H](Sc2cncc(Br)c2)C(OC(C)=O)[C@@H](n2cc(-c3cc(F)c(F)c(F)c3)nn2)[C@H]1OC(C)=O. The molecule has 1 aliphatic rings. The van der Waals surface area contributed by atoms with Crippen molar-refractivity contribution < 1.29 is 46.5 Å². The average molecular weight is 659 g/mol. The summed E-state index contributed by atoms with van der Waals surface area (Å²) in [6, 6.07) is 2.09. The number of carbonyl (C=O) groups is 3. The maximum Gasteiger partial charge on any atom is 0.303 e. The summed E-state index contributed by atoms with van der Waals surface area (Å²) in [5.74, 6) is -6.58. The zero-order chi connectivity index (χ0) is 29.8. The fraction of sp³-hybridized carbons (Fsp3) is 0.360. The topological polar surface area (TPSA) is 132 Å². The number of nitrogens with zero attached hydrogens (tertiary/aromatic N) is 4. The highest BCUT2D eigenvalue weighted by molar-refractivity contribution is 9.10. The molecule has 3 aromatic rings. The summed E-state index contributed by atoms with van der Waals surface area (Å²) in [5, 5.41) is 8.00. The molecule has 1 aromatic carbocycles. The van der Waals surface area contributed by atoms with Gasteiger partial charge in [0.1, 0.15) is 29.9 Å². The van der Waals surface area contributed by atoms with Crippen LogP contribution in [-0.4, -0.2) is 68.2 Å². The Balaban J connectivity index is 1.82. The molecule has 0 saturated carbocycles. The molecule has 0 radical (unpaired) electrons. The minimum atomic E-state index is -1.65. The number of aromatic nitrogens is 4. The van der Waals surface area contributed by atoms with Gasteiger partial charge in [0.25, 0.3) is 0 Å². The lowest BCUT2D eigenvalue weighted by Crippen LogP contribution is -2.57. The summed E-state index contributed by atoms with van der Waals surface area (Å²) in [6.07, 6.45) is 0.862. The van der Waals surface area contributed by atoms with E-state index < -0.39 is 65.1 Å². The zero-order valence-electron chi connectivity index (χ0n) is 21.6. The normalized spacial score (nSPS) is 22.2. The molecule has 2 unspecified atom stereocenters. The van der Waals surface area contributed by atoms with Crippen LogP contribution in [0.3, 0.4) is 0 Å². The van der Waals surface area contributed by atoms with E-state index in [1.54, 1.807) is 18.5 Å². The van der Waals surface area contributed by atoms with Gasteiger partial charge in [-0.2, -0.15) is 0 Å². The van der Waals surface area contributed by atoms with Crippen LogP contribution in [0.1, 0.15) is 26.8 Å². The van der Waals surface area contributed by atoms with Crippen LogP contribution in [-0.2, 0) is 33.3 Å². The molecule has 3 heterocycles. The predicted octanol–water partition coefficient (Wildman–Crippen LogP) is 4.00. The highest BCUT2D eigenvalue weighted by Gasteiger charge is 2.52. The van der Waals surface area contributed by atoms with E-state index >= 15 is 0 Å². The molecule has 2 aromatic heterocycles. The number of pyridine rings is 1. The standard InChI is InChI=1S/C25H22BrF3N4O7S/c1-11(34)37-10-20-23(38-12(2)35)22(33-9-19(31-32-33)14-4-17(27)21(29)18(28)5-14)24(39-13(3)36)25(40-20)41-16-6-15(26)7-30-8-16/h4-9,20,22-25H,10H2,1-3H3/t20?,22-,23-,24?,25+/m0/s1. The molecule has 1 fully saturated rings. The Labute approximate surface area is 243 Å². The van der Waals surface area contributed by atoms with Crippen molar-refractivity contribution in [1.29, 1.82) is 0 Å². The van der Waals surface area contributed by atoms with Gasteiger partial charge in [0.15, 0.2) is 29.7 Å². The van der Waals surface area contributed by atoms with Gasteiger partial charge in [-0.05, 0) is 34.1 Å². The quantitative estimate of drug-likeness (QED) is 0.198. The van der Waals surface area contributed by atoms with Gasteiger partial charge in [0.2, 0.25) is 0 Å². The van der Waals surface area contributed by atoms with Gasteiger partial charge in [-0.25, -0.2) is 17.9 Å². The van der Waals surface area contributed by atoms with Crippen molar-refractivity contribution >= 4 is 45.6 Å². The molecule has 5 atom stereocenters. The smallest absolute Gasteiger partial charge is 0.303 e. The molecule has 0 bridgehead atoms. The molecule has 1 saturated heterocycles. The molecule has 41 heavy (non-hydrogen) atoms.